The number of methoxy groups -OCH3 is 1. The van der Waals surface area contributed by atoms with E-state index in [0.29, 0.717) is 6.42 Å². The molecule has 0 aliphatic rings. The van der Waals surface area contributed by atoms with Crippen molar-refractivity contribution in [2.45, 2.75) is 37.5 Å². The molecule has 7 nitrogen and oxygen atoms in total. The SMILES string of the molecule is CCCCCCNS(=O)(=O)c1ccc(OC)cc1[N+](=O)[O-]. The first-order valence-corrected chi connectivity index (χ1v) is 8.22. The van der Waals surface area contributed by atoms with Crippen LogP contribution in [0.25, 0.3) is 0 Å². The van der Waals surface area contributed by atoms with Crippen molar-refractivity contribution in [2.24, 2.45) is 0 Å². The molecule has 0 saturated carbocycles. The molecule has 21 heavy (non-hydrogen) atoms. The molecule has 0 saturated heterocycles. The fraction of sp³-hybridized carbons (Fsp3) is 0.538. The summed E-state index contributed by atoms with van der Waals surface area (Å²) in [6.07, 6.45) is 3.71. The Morgan fingerprint density at radius 1 is 1.29 bits per heavy atom. The zero-order chi connectivity index (χ0) is 15.9. The highest BCUT2D eigenvalue weighted by Crippen LogP contribution is 2.28. The Hall–Kier alpha value is -1.67. The topological polar surface area (TPSA) is 98.5 Å². The first-order valence-electron chi connectivity index (χ1n) is 6.74. The first-order chi connectivity index (χ1) is 9.92. The molecule has 8 heteroatoms. The van der Waals surface area contributed by atoms with Crippen molar-refractivity contribution < 1.29 is 18.1 Å². The molecular formula is C13H20N2O5S. The summed E-state index contributed by atoms with van der Waals surface area (Å²) in [5.74, 6) is 0.239. The second-order valence-corrected chi connectivity index (χ2v) is 6.28. The number of hydrogen-bond acceptors (Lipinski definition) is 5. The van der Waals surface area contributed by atoms with Gasteiger partial charge in [0.1, 0.15) is 5.75 Å². The Kier molecular flexibility index (Phi) is 6.57. The fourth-order valence-corrected chi connectivity index (χ4v) is 3.05. The summed E-state index contributed by atoms with van der Waals surface area (Å²) in [7, 11) is -2.54. The predicted octanol–water partition coefficient (Wildman–Crippen LogP) is 2.46. The molecule has 0 aliphatic carbocycles. The molecular weight excluding hydrogens is 296 g/mol. The Balaban J connectivity index is 2.89. The van der Waals surface area contributed by atoms with Crippen molar-refractivity contribution in [3.63, 3.8) is 0 Å². The lowest BCUT2D eigenvalue weighted by Crippen LogP contribution is -2.25. The molecule has 118 valence electrons. The molecule has 0 spiro atoms. The lowest BCUT2D eigenvalue weighted by molar-refractivity contribution is -0.387. The zero-order valence-electron chi connectivity index (χ0n) is 12.2. The molecule has 0 radical (unpaired) electrons. The van der Waals surface area contributed by atoms with Crippen molar-refractivity contribution in [1.29, 1.82) is 0 Å². The fourth-order valence-electron chi connectivity index (χ4n) is 1.83. The highest BCUT2D eigenvalue weighted by Gasteiger charge is 2.25. The minimum absolute atomic E-state index is 0.239. The van der Waals surface area contributed by atoms with Gasteiger partial charge in [-0.1, -0.05) is 26.2 Å². The molecule has 0 atom stereocenters. The summed E-state index contributed by atoms with van der Waals surface area (Å²) in [6.45, 7) is 2.33. The van der Waals surface area contributed by atoms with E-state index in [2.05, 4.69) is 11.6 Å². The van der Waals surface area contributed by atoms with Crippen molar-refractivity contribution in [3.8, 4) is 5.75 Å². The maximum atomic E-state index is 12.1. The summed E-state index contributed by atoms with van der Waals surface area (Å²) < 4.78 is 31.5. The molecule has 0 aliphatic heterocycles. The Morgan fingerprint density at radius 2 is 2.00 bits per heavy atom. The number of nitrogens with one attached hydrogen (secondary N) is 1. The van der Waals surface area contributed by atoms with Gasteiger partial charge in [0, 0.05) is 6.54 Å². The number of nitro benzene ring substituents is 1. The smallest absolute Gasteiger partial charge is 0.293 e. The molecule has 0 amide bonds. The molecule has 0 fully saturated rings. The predicted molar refractivity (Wildman–Crippen MR) is 79.0 cm³/mol. The van der Waals surface area contributed by atoms with Gasteiger partial charge in [-0.15, -0.1) is 0 Å². The van der Waals surface area contributed by atoms with Gasteiger partial charge in [0.15, 0.2) is 4.90 Å². The van der Waals surface area contributed by atoms with E-state index in [9.17, 15) is 18.5 Å². The van der Waals surface area contributed by atoms with Crippen LogP contribution in [0.3, 0.4) is 0 Å². The molecule has 0 unspecified atom stereocenters. The van der Waals surface area contributed by atoms with E-state index >= 15 is 0 Å². The number of benzene rings is 1. The summed E-state index contributed by atoms with van der Waals surface area (Å²) in [5, 5.41) is 11.0. The van der Waals surface area contributed by atoms with E-state index < -0.39 is 20.6 Å². The average molecular weight is 316 g/mol. The summed E-state index contributed by atoms with van der Waals surface area (Å²) in [4.78, 5) is 9.94. The van der Waals surface area contributed by atoms with Crippen LogP contribution < -0.4 is 9.46 Å². The van der Waals surface area contributed by atoms with Crippen molar-refractivity contribution >= 4 is 15.7 Å². The van der Waals surface area contributed by atoms with Crippen LogP contribution >= 0.6 is 0 Å². The molecule has 0 bridgehead atoms. The lowest BCUT2D eigenvalue weighted by atomic mass is 10.2. The van der Waals surface area contributed by atoms with Crippen LogP contribution in [0.15, 0.2) is 23.1 Å². The number of nitro groups is 1. The van der Waals surface area contributed by atoms with Crippen molar-refractivity contribution in [2.75, 3.05) is 13.7 Å². The highest BCUT2D eigenvalue weighted by atomic mass is 32.2. The quantitative estimate of drug-likeness (QED) is 0.428. The maximum absolute atomic E-state index is 12.1. The summed E-state index contributed by atoms with van der Waals surface area (Å²) in [5.41, 5.74) is -0.490. The number of nitrogens with zero attached hydrogens (tertiary/aromatic N) is 1. The Bertz CT molecular complexity index is 586. The minimum Gasteiger partial charge on any atom is -0.497 e. The second-order valence-electron chi connectivity index (χ2n) is 4.55. The zero-order valence-corrected chi connectivity index (χ0v) is 13.0. The van der Waals surface area contributed by atoms with Gasteiger partial charge in [-0.25, -0.2) is 13.1 Å². The van der Waals surface area contributed by atoms with Crippen LogP contribution in [-0.4, -0.2) is 27.0 Å². The molecule has 1 rings (SSSR count). The van der Waals surface area contributed by atoms with Crippen LogP contribution in [0.1, 0.15) is 32.6 Å². The van der Waals surface area contributed by atoms with E-state index in [1.165, 1.54) is 19.2 Å². The molecule has 0 heterocycles. The minimum atomic E-state index is -3.90. The van der Waals surface area contributed by atoms with Gasteiger partial charge < -0.3 is 4.74 Å². The second kappa shape index (κ2) is 7.94. The Morgan fingerprint density at radius 3 is 2.57 bits per heavy atom. The number of unbranched alkanes of at least 4 members (excludes halogenated alkanes) is 3. The van der Waals surface area contributed by atoms with Gasteiger partial charge in [-0.05, 0) is 18.6 Å². The van der Waals surface area contributed by atoms with Crippen LogP contribution in [0.2, 0.25) is 0 Å². The molecule has 1 aromatic rings. The highest BCUT2D eigenvalue weighted by molar-refractivity contribution is 7.89. The summed E-state index contributed by atoms with van der Waals surface area (Å²) >= 11 is 0. The summed E-state index contributed by atoms with van der Waals surface area (Å²) in [6, 6.07) is 3.68. The largest absolute Gasteiger partial charge is 0.497 e. The number of rotatable bonds is 9. The lowest BCUT2D eigenvalue weighted by Gasteiger charge is -2.08. The van der Waals surface area contributed by atoms with Gasteiger partial charge in [0.05, 0.1) is 18.1 Å². The van der Waals surface area contributed by atoms with Crippen molar-refractivity contribution in [3.05, 3.63) is 28.3 Å². The first kappa shape index (κ1) is 17.4. The normalized spacial score (nSPS) is 11.3. The standard InChI is InChI=1S/C13H20N2O5S/c1-3-4-5-6-9-14-21(18,19)13-8-7-11(20-2)10-12(13)15(16)17/h7-8,10,14H,3-6,9H2,1-2H3. The van der Waals surface area contributed by atoms with Crippen molar-refractivity contribution in [1.82, 2.24) is 4.72 Å². The van der Waals surface area contributed by atoms with Crippen LogP contribution in [0.4, 0.5) is 5.69 Å². The van der Waals surface area contributed by atoms with Gasteiger partial charge >= 0.3 is 0 Å². The van der Waals surface area contributed by atoms with Gasteiger partial charge in [0.2, 0.25) is 10.0 Å². The number of sulfonamides is 1. The van der Waals surface area contributed by atoms with E-state index in [4.69, 9.17) is 4.74 Å². The van der Waals surface area contributed by atoms with Crippen LogP contribution in [0.5, 0.6) is 5.75 Å². The van der Waals surface area contributed by atoms with Gasteiger partial charge in [-0.3, -0.25) is 10.1 Å². The van der Waals surface area contributed by atoms with E-state index in [1.807, 2.05) is 0 Å². The van der Waals surface area contributed by atoms with E-state index in [-0.39, 0.29) is 17.2 Å². The number of ether oxygens (including phenoxy) is 1. The van der Waals surface area contributed by atoms with Crippen LogP contribution in [-0.2, 0) is 10.0 Å². The molecule has 1 N–H and O–H groups in total. The third kappa shape index (κ3) is 4.98. The van der Waals surface area contributed by atoms with Gasteiger partial charge in [0.25, 0.3) is 5.69 Å². The molecule has 0 aromatic heterocycles. The van der Waals surface area contributed by atoms with Gasteiger partial charge in [-0.2, -0.15) is 0 Å². The van der Waals surface area contributed by atoms with Crippen LogP contribution in [0, 0.1) is 10.1 Å². The maximum Gasteiger partial charge on any atom is 0.293 e. The average Bonchev–Trinajstić information content (AvgIpc) is 2.46. The molecule has 1 aromatic carbocycles. The third-order valence-corrected chi connectivity index (χ3v) is 4.48. The number of hydrogen-bond donors (Lipinski definition) is 1. The van der Waals surface area contributed by atoms with E-state index in [0.717, 1.165) is 25.3 Å². The third-order valence-electron chi connectivity index (χ3n) is 2.97. The van der Waals surface area contributed by atoms with E-state index in [1.54, 1.807) is 0 Å². The Labute approximate surface area is 124 Å². The monoisotopic (exact) mass is 316 g/mol.